The van der Waals surface area contributed by atoms with Crippen LogP contribution in [0.15, 0.2) is 60.4 Å². The van der Waals surface area contributed by atoms with E-state index in [1.54, 1.807) is 24.9 Å². The molecule has 0 spiro atoms. The van der Waals surface area contributed by atoms with Crippen LogP contribution in [-0.4, -0.2) is 17.1 Å². The number of nitriles is 2. The lowest BCUT2D eigenvalue weighted by Crippen LogP contribution is -2.19. The van der Waals surface area contributed by atoms with Crippen LogP contribution < -0.4 is 10.3 Å². The summed E-state index contributed by atoms with van der Waals surface area (Å²) in [6.45, 7) is 16.5. The Labute approximate surface area is 328 Å². The number of rotatable bonds is 9. The number of methoxy groups -OCH3 is 1. The highest BCUT2D eigenvalue weighted by atomic mass is 79.9. The summed E-state index contributed by atoms with van der Waals surface area (Å²) in [4.78, 5) is 23.2. The third-order valence-corrected chi connectivity index (χ3v) is 11.6. The van der Waals surface area contributed by atoms with Crippen molar-refractivity contribution in [2.45, 2.75) is 120 Å². The Balaban J connectivity index is 0.000000193. The number of halogens is 1. The molecule has 0 atom stereocenters. The van der Waals surface area contributed by atoms with Crippen molar-refractivity contribution in [3.8, 4) is 18.0 Å². The van der Waals surface area contributed by atoms with E-state index in [1.807, 2.05) is 45.0 Å². The van der Waals surface area contributed by atoms with Crippen molar-refractivity contribution in [1.29, 1.82) is 10.5 Å². The lowest BCUT2D eigenvalue weighted by molar-refractivity contribution is 0.388. The largest absolute Gasteiger partial charge is 0.481 e. The molecular formula is C43H51BrN4O2S2. The summed E-state index contributed by atoms with van der Waals surface area (Å²) in [6.07, 6.45) is 7.49. The molecule has 4 aromatic rings. The number of aromatic nitrogens is 2. The van der Waals surface area contributed by atoms with E-state index < -0.39 is 0 Å². The first-order chi connectivity index (χ1) is 24.6. The molecule has 2 aliphatic rings. The summed E-state index contributed by atoms with van der Waals surface area (Å²) in [5.74, 6) is 2.97. The Hall–Kier alpha value is -3.50. The Morgan fingerprint density at radius 1 is 0.865 bits per heavy atom. The van der Waals surface area contributed by atoms with Crippen LogP contribution in [-0.2, 0) is 12.8 Å². The standard InChI is InChI=1S/C21H24N2OS.C14H20BrNO.C8H7NS/c1-12(2)19-20(25-17-8-13(3)7-16(9-17)11-22)18(10-15-5-6-15)14(4)23-21(19)24;1-8(2)12-13(15)11(7-10-5-6-10)9(3)16-14(12)17-4;1-6-2-7(5-9)4-8(10)3-6/h7-9,12,15H,5-6,10H2,1-4H3,(H,23,24);8,10H,5-7H2,1-4H3;2-4,10H,1H3. The fourth-order valence-electron chi connectivity index (χ4n) is 6.26. The fraction of sp³-hybridized carbons (Fsp3) is 0.442. The van der Waals surface area contributed by atoms with Crippen LogP contribution in [0.1, 0.15) is 121 Å². The van der Waals surface area contributed by atoms with Crippen molar-refractivity contribution in [2.75, 3.05) is 7.11 Å². The topological polar surface area (TPSA) is 103 Å². The summed E-state index contributed by atoms with van der Waals surface area (Å²) in [6, 6.07) is 15.7. The zero-order chi connectivity index (χ0) is 38.3. The summed E-state index contributed by atoms with van der Waals surface area (Å²) in [5, 5.41) is 17.8. The number of pyridine rings is 2. The number of hydrogen-bond acceptors (Lipinski definition) is 7. The smallest absolute Gasteiger partial charge is 0.252 e. The van der Waals surface area contributed by atoms with Crippen molar-refractivity contribution < 1.29 is 4.74 Å². The maximum absolute atomic E-state index is 12.6. The van der Waals surface area contributed by atoms with Crippen molar-refractivity contribution >= 4 is 40.3 Å². The highest BCUT2D eigenvalue weighted by molar-refractivity contribution is 9.10. The molecule has 2 aromatic heterocycles. The molecule has 1 N–H and O–H groups in total. The lowest BCUT2D eigenvalue weighted by Gasteiger charge is -2.18. The van der Waals surface area contributed by atoms with Gasteiger partial charge in [-0.25, -0.2) is 4.98 Å². The number of nitrogens with zero attached hydrogens (tertiary/aromatic N) is 3. The van der Waals surface area contributed by atoms with Gasteiger partial charge >= 0.3 is 0 Å². The monoisotopic (exact) mass is 798 g/mol. The molecule has 2 aliphatic carbocycles. The molecule has 6 nitrogen and oxygen atoms in total. The number of aromatic amines is 1. The molecule has 2 aromatic carbocycles. The van der Waals surface area contributed by atoms with E-state index in [-0.39, 0.29) is 11.5 Å². The Kier molecular flexibility index (Phi) is 14.7. The minimum atomic E-state index is 0.0164. The zero-order valence-electron chi connectivity index (χ0n) is 31.9. The first kappa shape index (κ1) is 41.3. The van der Waals surface area contributed by atoms with Gasteiger partial charge in [-0.3, -0.25) is 4.79 Å². The number of hydrogen-bond donors (Lipinski definition) is 2. The second-order valence-corrected chi connectivity index (χ2v) is 17.1. The van der Waals surface area contributed by atoms with Gasteiger partial charge in [-0.05, 0) is 164 Å². The average Bonchev–Trinajstić information content (AvgIpc) is 4.01. The van der Waals surface area contributed by atoms with Crippen LogP contribution in [0.2, 0.25) is 0 Å². The molecule has 2 heterocycles. The summed E-state index contributed by atoms with van der Waals surface area (Å²) < 4.78 is 6.61. The average molecular weight is 800 g/mol. The summed E-state index contributed by atoms with van der Waals surface area (Å²) >= 11 is 9.53. The van der Waals surface area contributed by atoms with Crippen LogP contribution in [0.4, 0.5) is 0 Å². The molecule has 52 heavy (non-hydrogen) atoms. The molecule has 0 aliphatic heterocycles. The third kappa shape index (κ3) is 11.3. The minimum absolute atomic E-state index is 0.0164. The second-order valence-electron chi connectivity index (χ2n) is 14.7. The molecular weight excluding hydrogens is 749 g/mol. The van der Waals surface area contributed by atoms with Gasteiger partial charge in [0.15, 0.2) is 0 Å². The van der Waals surface area contributed by atoms with E-state index in [1.165, 1.54) is 46.8 Å². The molecule has 0 bridgehead atoms. The highest BCUT2D eigenvalue weighted by Crippen LogP contribution is 2.42. The van der Waals surface area contributed by atoms with E-state index in [2.05, 4.69) is 91.4 Å². The fourth-order valence-corrected chi connectivity index (χ4v) is 9.15. The van der Waals surface area contributed by atoms with E-state index >= 15 is 0 Å². The number of benzene rings is 2. The lowest BCUT2D eigenvalue weighted by atomic mass is 9.98. The predicted octanol–water partition coefficient (Wildman–Crippen LogP) is 11.5. The van der Waals surface area contributed by atoms with Crippen LogP contribution in [0, 0.1) is 62.2 Å². The number of aryl methyl sites for hydroxylation is 4. The molecule has 6 rings (SSSR count). The number of ether oxygens (including phenoxy) is 1. The summed E-state index contributed by atoms with van der Waals surface area (Å²) in [5.41, 5.74) is 10.3. The molecule has 0 saturated heterocycles. The van der Waals surface area contributed by atoms with Gasteiger partial charge in [0, 0.05) is 41.7 Å². The first-order valence-electron chi connectivity index (χ1n) is 18.0. The van der Waals surface area contributed by atoms with Crippen molar-refractivity contribution in [3.05, 3.63) is 107 Å². The number of nitrogens with one attached hydrogen (secondary N) is 1. The predicted molar refractivity (Wildman–Crippen MR) is 219 cm³/mol. The summed E-state index contributed by atoms with van der Waals surface area (Å²) in [7, 11) is 1.70. The van der Waals surface area contributed by atoms with Gasteiger partial charge in [-0.1, -0.05) is 39.5 Å². The van der Waals surface area contributed by atoms with Crippen LogP contribution >= 0.6 is 40.3 Å². The van der Waals surface area contributed by atoms with Crippen LogP contribution in [0.25, 0.3) is 0 Å². The SMILES string of the molecule is COc1nc(C)c(CC2CC2)c(Br)c1C(C)C.Cc1cc(C#N)cc(Sc2c(CC3CC3)c(C)[nH]c(=O)c2C(C)C)c1.Cc1cc(S)cc(C#N)c1. The van der Waals surface area contributed by atoms with Gasteiger partial charge in [-0.15, -0.1) is 12.6 Å². The maximum atomic E-state index is 12.6. The molecule has 0 amide bonds. The minimum Gasteiger partial charge on any atom is -0.481 e. The van der Waals surface area contributed by atoms with Crippen molar-refractivity contribution in [1.82, 2.24) is 9.97 Å². The molecule has 274 valence electrons. The second kappa shape index (κ2) is 18.5. The van der Waals surface area contributed by atoms with E-state index in [4.69, 9.17) is 10.00 Å². The highest BCUT2D eigenvalue weighted by Gasteiger charge is 2.28. The van der Waals surface area contributed by atoms with Crippen molar-refractivity contribution in [3.63, 3.8) is 0 Å². The first-order valence-corrected chi connectivity index (χ1v) is 20.1. The van der Waals surface area contributed by atoms with Crippen molar-refractivity contribution in [2.24, 2.45) is 11.8 Å². The normalized spacial score (nSPS) is 13.4. The Morgan fingerprint density at radius 3 is 1.90 bits per heavy atom. The van der Waals surface area contributed by atoms with E-state index in [0.717, 1.165) is 73.3 Å². The molecule has 2 saturated carbocycles. The Bertz CT molecular complexity index is 2030. The van der Waals surface area contributed by atoms with Crippen LogP contribution in [0.3, 0.4) is 0 Å². The van der Waals surface area contributed by atoms with Crippen LogP contribution in [0.5, 0.6) is 5.88 Å². The number of thiol groups is 1. The van der Waals surface area contributed by atoms with Gasteiger partial charge < -0.3 is 9.72 Å². The zero-order valence-corrected chi connectivity index (χ0v) is 35.2. The molecule has 2 fully saturated rings. The van der Waals surface area contributed by atoms with E-state index in [0.29, 0.717) is 17.0 Å². The number of H-pyrrole nitrogens is 1. The van der Waals surface area contributed by atoms with Gasteiger partial charge in [-0.2, -0.15) is 10.5 Å². The molecule has 9 heteroatoms. The molecule has 0 unspecified atom stereocenters. The Morgan fingerprint density at radius 2 is 1.40 bits per heavy atom. The van der Waals surface area contributed by atoms with Gasteiger partial charge in [0.2, 0.25) is 5.88 Å². The quantitative estimate of drug-likeness (QED) is 0.163. The van der Waals surface area contributed by atoms with E-state index in [9.17, 15) is 10.1 Å². The maximum Gasteiger partial charge on any atom is 0.252 e. The third-order valence-electron chi connectivity index (χ3n) is 9.27. The van der Waals surface area contributed by atoms with Gasteiger partial charge in [0.05, 0.1) is 30.4 Å². The molecule has 0 radical (unpaired) electrons. The van der Waals surface area contributed by atoms with Gasteiger partial charge in [0.1, 0.15) is 0 Å². The van der Waals surface area contributed by atoms with Gasteiger partial charge in [0.25, 0.3) is 5.56 Å².